The van der Waals surface area contributed by atoms with Gasteiger partial charge in [0, 0.05) is 33.3 Å². The van der Waals surface area contributed by atoms with Crippen LogP contribution in [0.2, 0.25) is 0 Å². The first-order valence-corrected chi connectivity index (χ1v) is 11.9. The summed E-state index contributed by atoms with van der Waals surface area (Å²) in [7, 11) is 1.37. The summed E-state index contributed by atoms with van der Waals surface area (Å²) in [6.07, 6.45) is 7.24. The highest BCUT2D eigenvalue weighted by Crippen LogP contribution is 2.37. The van der Waals surface area contributed by atoms with E-state index >= 15 is 0 Å². The van der Waals surface area contributed by atoms with Crippen LogP contribution in [0.4, 0.5) is 0 Å². The molecule has 1 aliphatic heterocycles. The summed E-state index contributed by atoms with van der Waals surface area (Å²) in [4.78, 5) is 28.1. The van der Waals surface area contributed by atoms with Gasteiger partial charge in [-0.25, -0.2) is 4.79 Å². The smallest absolute Gasteiger partial charge is 0.340 e. The van der Waals surface area contributed by atoms with Gasteiger partial charge in [0.1, 0.15) is 0 Å². The molecular weight excluding hydrogens is 468 g/mol. The van der Waals surface area contributed by atoms with Crippen molar-refractivity contribution in [3.63, 3.8) is 0 Å². The van der Waals surface area contributed by atoms with Crippen molar-refractivity contribution in [2.75, 3.05) is 7.11 Å². The van der Waals surface area contributed by atoms with Gasteiger partial charge in [-0.15, -0.1) is 0 Å². The number of esters is 1. The summed E-state index contributed by atoms with van der Waals surface area (Å²) >= 11 is 3.54. The minimum Gasteiger partial charge on any atom is -0.465 e. The number of aryl methyl sites for hydroxylation is 1. The van der Waals surface area contributed by atoms with Crippen LogP contribution >= 0.6 is 15.9 Å². The molecule has 4 rings (SSSR count). The number of hydrogen-bond donors (Lipinski definition) is 0. The van der Waals surface area contributed by atoms with E-state index in [1.807, 2.05) is 43.9 Å². The molecule has 32 heavy (non-hydrogen) atoms. The molecule has 0 atom stereocenters. The van der Waals surface area contributed by atoms with E-state index in [0.717, 1.165) is 52.8 Å². The highest BCUT2D eigenvalue weighted by molar-refractivity contribution is 9.10. The van der Waals surface area contributed by atoms with Crippen LogP contribution in [0, 0.1) is 13.8 Å². The van der Waals surface area contributed by atoms with Crippen LogP contribution < -0.4 is 0 Å². The minimum absolute atomic E-state index is 0.0953. The zero-order valence-electron chi connectivity index (χ0n) is 19.1. The molecule has 0 spiro atoms. The second-order valence-corrected chi connectivity index (χ2v) is 9.53. The Morgan fingerprint density at radius 3 is 2.50 bits per heavy atom. The average molecular weight is 497 g/mol. The first-order valence-electron chi connectivity index (χ1n) is 11.1. The van der Waals surface area contributed by atoms with Gasteiger partial charge in [0.2, 0.25) is 0 Å². The molecule has 1 saturated carbocycles. The van der Waals surface area contributed by atoms with E-state index in [1.165, 1.54) is 13.5 Å². The van der Waals surface area contributed by atoms with Crippen molar-refractivity contribution < 1.29 is 14.3 Å². The number of ether oxygens (including phenoxy) is 1. The normalized spacial score (nSPS) is 18.7. The maximum atomic E-state index is 13.6. The van der Waals surface area contributed by atoms with Crippen LogP contribution in [-0.4, -0.2) is 34.5 Å². The molecule has 1 aliphatic carbocycles. The molecule has 168 valence electrons. The van der Waals surface area contributed by atoms with Crippen molar-refractivity contribution in [2.24, 2.45) is 0 Å². The largest absolute Gasteiger partial charge is 0.465 e. The van der Waals surface area contributed by atoms with Gasteiger partial charge < -0.3 is 14.2 Å². The number of benzene rings is 1. The summed E-state index contributed by atoms with van der Waals surface area (Å²) in [5, 5.41) is 0. The summed E-state index contributed by atoms with van der Waals surface area (Å²) in [5.41, 5.74) is 5.55. The van der Waals surface area contributed by atoms with Crippen LogP contribution in [-0.2, 0) is 14.3 Å². The fourth-order valence-electron chi connectivity index (χ4n) is 5.08. The van der Waals surface area contributed by atoms with E-state index in [-0.39, 0.29) is 11.9 Å². The van der Waals surface area contributed by atoms with Gasteiger partial charge in [0.15, 0.2) is 0 Å². The fraction of sp³-hybridized carbons (Fsp3) is 0.385. The quantitative estimate of drug-likeness (QED) is 0.393. The number of hydrogen-bond acceptors (Lipinski definition) is 3. The second kappa shape index (κ2) is 9.10. The van der Waals surface area contributed by atoms with E-state index in [0.29, 0.717) is 16.8 Å². The lowest BCUT2D eigenvalue weighted by Gasteiger charge is -2.32. The van der Waals surface area contributed by atoms with Crippen molar-refractivity contribution in [1.29, 1.82) is 0 Å². The Hall–Kier alpha value is -2.60. The Bertz CT molecular complexity index is 1140. The van der Waals surface area contributed by atoms with Crippen LogP contribution in [0.15, 0.2) is 51.6 Å². The van der Waals surface area contributed by atoms with Gasteiger partial charge in [-0.3, -0.25) is 4.79 Å². The first-order chi connectivity index (χ1) is 15.3. The van der Waals surface area contributed by atoms with Crippen molar-refractivity contribution in [3.05, 3.63) is 68.6 Å². The Balaban J connectivity index is 1.79. The van der Waals surface area contributed by atoms with Crippen LogP contribution in [0.3, 0.4) is 0 Å². The van der Waals surface area contributed by atoms with E-state index < -0.39 is 5.97 Å². The molecule has 6 heteroatoms. The molecule has 1 fully saturated rings. The Morgan fingerprint density at radius 1 is 1.12 bits per heavy atom. The molecule has 0 N–H and O–H groups in total. The Kier molecular flexibility index (Phi) is 6.42. The minimum atomic E-state index is -0.457. The molecule has 0 radical (unpaired) electrons. The number of amides is 1. The fourth-order valence-corrected chi connectivity index (χ4v) is 5.47. The third-order valence-electron chi connectivity index (χ3n) is 6.61. The number of carbonyl (C=O) groups is 2. The number of methoxy groups -OCH3 is 1. The molecular formula is C26H29BrN2O3. The predicted octanol–water partition coefficient (Wildman–Crippen LogP) is 5.86. The highest BCUT2D eigenvalue weighted by atomic mass is 79.9. The second-order valence-electron chi connectivity index (χ2n) is 8.62. The number of aromatic nitrogens is 1. The number of carbonyl (C=O) groups excluding carboxylic acids is 2. The van der Waals surface area contributed by atoms with Gasteiger partial charge in [-0.05, 0) is 69.5 Å². The molecule has 5 nitrogen and oxygen atoms in total. The lowest BCUT2D eigenvalue weighted by molar-refractivity contribution is -0.136. The third kappa shape index (κ3) is 3.96. The number of allylic oxidation sites excluding steroid dienone is 1. The van der Waals surface area contributed by atoms with Gasteiger partial charge in [0.05, 0.1) is 18.3 Å². The Morgan fingerprint density at radius 2 is 1.84 bits per heavy atom. The van der Waals surface area contributed by atoms with E-state index in [4.69, 9.17) is 4.74 Å². The maximum absolute atomic E-state index is 13.6. The first kappa shape index (κ1) is 22.6. The zero-order chi connectivity index (χ0) is 23.0. The van der Waals surface area contributed by atoms with Gasteiger partial charge in [-0.1, -0.05) is 41.3 Å². The number of nitrogens with zero attached hydrogens (tertiary/aromatic N) is 2. The monoisotopic (exact) mass is 496 g/mol. The number of halogens is 1. The van der Waals surface area contributed by atoms with Gasteiger partial charge >= 0.3 is 5.97 Å². The van der Waals surface area contributed by atoms with Gasteiger partial charge in [-0.2, -0.15) is 0 Å². The molecule has 1 aromatic carbocycles. The number of rotatable bonds is 4. The standard InChI is InChI=1S/C26H29BrN2O3/c1-16-13-19(17(2)28(16)22-12-8-9-20(27)15-22)14-23-24(26(31)32-4)18(3)29(25(23)30)21-10-6-5-7-11-21/h8-9,12-15,21H,5-7,10-11H2,1-4H3/b23-14-. The molecule has 0 saturated heterocycles. The van der Waals surface area contributed by atoms with Crippen LogP contribution in [0.25, 0.3) is 11.8 Å². The lowest BCUT2D eigenvalue weighted by Crippen LogP contribution is -2.37. The molecule has 1 amide bonds. The zero-order valence-corrected chi connectivity index (χ0v) is 20.7. The van der Waals surface area contributed by atoms with Crippen molar-refractivity contribution >= 4 is 33.9 Å². The van der Waals surface area contributed by atoms with Crippen LogP contribution in [0.1, 0.15) is 56.0 Å². The topological polar surface area (TPSA) is 51.5 Å². The highest BCUT2D eigenvalue weighted by Gasteiger charge is 2.40. The van der Waals surface area contributed by atoms with Gasteiger partial charge in [0.25, 0.3) is 5.91 Å². The molecule has 0 bridgehead atoms. The molecule has 2 aromatic rings. The summed E-state index contributed by atoms with van der Waals surface area (Å²) < 4.78 is 8.23. The lowest BCUT2D eigenvalue weighted by atomic mass is 9.94. The van der Waals surface area contributed by atoms with E-state index in [9.17, 15) is 9.59 Å². The molecule has 2 aliphatic rings. The van der Waals surface area contributed by atoms with E-state index in [2.05, 4.69) is 38.7 Å². The summed E-state index contributed by atoms with van der Waals surface area (Å²) in [5.74, 6) is -0.553. The molecule has 1 aromatic heterocycles. The summed E-state index contributed by atoms with van der Waals surface area (Å²) in [6, 6.07) is 10.3. The van der Waals surface area contributed by atoms with Crippen LogP contribution in [0.5, 0.6) is 0 Å². The molecule has 2 heterocycles. The van der Waals surface area contributed by atoms with Crippen molar-refractivity contribution in [3.8, 4) is 5.69 Å². The molecule has 0 unspecified atom stereocenters. The maximum Gasteiger partial charge on any atom is 0.340 e. The van der Waals surface area contributed by atoms with Crippen molar-refractivity contribution in [1.82, 2.24) is 9.47 Å². The van der Waals surface area contributed by atoms with E-state index in [1.54, 1.807) is 0 Å². The average Bonchev–Trinajstić information content (AvgIpc) is 3.19. The Labute approximate surface area is 197 Å². The predicted molar refractivity (Wildman–Crippen MR) is 129 cm³/mol. The summed E-state index contributed by atoms with van der Waals surface area (Å²) in [6.45, 7) is 5.94. The third-order valence-corrected chi connectivity index (χ3v) is 7.10. The SMILES string of the molecule is COC(=O)C1=C(C)N(C2CCCCC2)C(=O)/C1=C\c1cc(C)n(-c2cccc(Br)c2)c1C. The van der Waals surface area contributed by atoms with Crippen molar-refractivity contribution in [2.45, 2.75) is 58.9 Å².